The predicted octanol–water partition coefficient (Wildman–Crippen LogP) is 12.3. The summed E-state index contributed by atoms with van der Waals surface area (Å²) in [6.45, 7) is 30.2. The van der Waals surface area contributed by atoms with Gasteiger partial charge in [-0.05, 0) is 158 Å². The molecule has 6 fully saturated rings. The summed E-state index contributed by atoms with van der Waals surface area (Å²) >= 11 is 0. The van der Waals surface area contributed by atoms with Crippen LogP contribution in [0.25, 0.3) is 0 Å². The molecule has 0 aromatic carbocycles. The third kappa shape index (κ3) is 6.14. The molecule has 0 spiro atoms. The number of hydrogen-bond acceptors (Lipinski definition) is 9. The molecule has 14 atom stereocenters. The van der Waals surface area contributed by atoms with Gasteiger partial charge in [0.15, 0.2) is 28.9 Å². The molecule has 392 valence electrons. The number of esters is 2. The summed E-state index contributed by atoms with van der Waals surface area (Å²) in [4.78, 5) is 105. The number of allylic oxidation sites excluding steroid dienone is 8. The summed E-state index contributed by atoms with van der Waals surface area (Å²) in [5, 5.41) is 0. The zero-order valence-corrected chi connectivity index (χ0v) is 46.8. The Morgan fingerprint density at radius 3 is 1.14 bits per heavy atom. The Hall–Kier alpha value is -3.75. The Morgan fingerprint density at radius 1 is 0.472 bits per heavy atom. The summed E-state index contributed by atoms with van der Waals surface area (Å²) in [6.07, 6.45) is 17.8. The van der Waals surface area contributed by atoms with Crippen molar-refractivity contribution in [3.63, 3.8) is 0 Å². The molecular weight excluding hydrogens is 901 g/mol. The van der Waals surface area contributed by atoms with Crippen LogP contribution >= 0.6 is 0 Å². The van der Waals surface area contributed by atoms with Crippen molar-refractivity contribution < 1.29 is 43.0 Å². The molecular formula is C63H86O9. The summed E-state index contributed by atoms with van der Waals surface area (Å²) in [5.74, 6) is -3.03. The number of carbonyl (C=O) groups excluding carboxylic acids is 7. The Morgan fingerprint density at radius 2 is 0.806 bits per heavy atom. The van der Waals surface area contributed by atoms with Crippen LogP contribution in [0, 0.1) is 100 Å². The quantitative estimate of drug-likeness (QED) is 0.199. The molecule has 10 aliphatic rings. The summed E-state index contributed by atoms with van der Waals surface area (Å²) in [7, 11) is 2.94. The normalized spacial score (nSPS) is 47.1. The van der Waals surface area contributed by atoms with Crippen LogP contribution in [0.15, 0.2) is 46.6 Å². The number of rotatable bonds is 4. The number of fused-ring (bicyclic) bond motifs is 14. The summed E-state index contributed by atoms with van der Waals surface area (Å²) < 4.78 is 11.1. The van der Waals surface area contributed by atoms with Gasteiger partial charge in [0.05, 0.1) is 36.2 Å². The average Bonchev–Trinajstić information content (AvgIpc) is 3.29. The molecule has 0 amide bonds. The lowest BCUT2D eigenvalue weighted by molar-refractivity contribution is -0.192. The predicted molar refractivity (Wildman–Crippen MR) is 276 cm³/mol. The smallest absolute Gasteiger partial charge is 0.312 e. The van der Waals surface area contributed by atoms with E-state index in [4.69, 9.17) is 9.47 Å². The van der Waals surface area contributed by atoms with Crippen LogP contribution in [0.3, 0.4) is 0 Å². The molecule has 0 bridgehead atoms. The average molecular weight is 987 g/mol. The highest BCUT2D eigenvalue weighted by Crippen LogP contribution is 2.77. The molecule has 0 N–H and O–H groups in total. The van der Waals surface area contributed by atoms with Gasteiger partial charge in [-0.25, -0.2) is 0 Å². The molecule has 0 aliphatic heterocycles. The van der Waals surface area contributed by atoms with E-state index in [0.29, 0.717) is 51.4 Å². The highest BCUT2D eigenvalue weighted by Gasteiger charge is 2.74. The fraction of sp³-hybridized carbons (Fsp3) is 0.762. The van der Waals surface area contributed by atoms with Gasteiger partial charge >= 0.3 is 11.9 Å². The van der Waals surface area contributed by atoms with Gasteiger partial charge in [0.25, 0.3) is 0 Å². The molecule has 0 radical (unpaired) electrons. The van der Waals surface area contributed by atoms with Gasteiger partial charge in [-0.2, -0.15) is 0 Å². The van der Waals surface area contributed by atoms with Gasteiger partial charge < -0.3 is 9.47 Å². The lowest BCUT2D eigenvalue weighted by Gasteiger charge is -2.69. The third-order valence-electron chi connectivity index (χ3n) is 25.2. The van der Waals surface area contributed by atoms with Crippen molar-refractivity contribution in [2.24, 2.45) is 100 Å². The van der Waals surface area contributed by atoms with E-state index in [1.54, 1.807) is 0 Å². The highest BCUT2D eigenvalue weighted by molar-refractivity contribution is 6.37. The van der Waals surface area contributed by atoms with Gasteiger partial charge in [0.2, 0.25) is 0 Å². The SMILES string of the molecule is COC(=O)C12CCC(C)(C)CC1C1C(=O)C=C3C4(C)C=C(C(=O)C5=CC6(C)C7=CC(=O)C8C9CC(C)(C)CCC9(C(=O)OC)CCC8(C)C7(C)CCC6C(C)(C)C5=O)C(=O)C(C)(C)C4CCC3(C)C1(C)CC2. The first kappa shape index (κ1) is 51.7. The van der Waals surface area contributed by atoms with Crippen LogP contribution in [0.1, 0.15) is 187 Å². The van der Waals surface area contributed by atoms with Crippen molar-refractivity contribution in [3.8, 4) is 0 Å². The van der Waals surface area contributed by atoms with Gasteiger partial charge in [0.1, 0.15) is 0 Å². The topological polar surface area (TPSA) is 138 Å². The first-order valence-electron chi connectivity index (χ1n) is 27.9. The zero-order chi connectivity index (χ0) is 53.0. The maximum atomic E-state index is 15.8. The standard InChI is InChI=1S/C63H86O9/c1-52(2)21-25-62(50(69)71-15)27-23-60(13)45(37(62)33-52)39(64)29-43-56(9)31-35(48(67)54(5,6)41(56)17-19-58(43,60)11)47(66)36-32-57(10)42(55(7,8)49(36)68)18-20-59(12)44(57)30-40(65)46-38-34-53(3,4)22-26-63(38,51(70)72-16)28-24-61(46,59)14/h29-32,37-38,41-42,45-46H,17-28,33-34H2,1-16H3. The third-order valence-corrected chi connectivity index (χ3v) is 25.2. The van der Waals surface area contributed by atoms with Gasteiger partial charge in [-0.15, -0.1) is 0 Å². The summed E-state index contributed by atoms with van der Waals surface area (Å²) in [5.41, 5.74) is -5.33. The van der Waals surface area contributed by atoms with Gasteiger partial charge in [-0.1, -0.05) is 120 Å². The summed E-state index contributed by atoms with van der Waals surface area (Å²) in [6, 6.07) is 0. The molecule has 0 aromatic heterocycles. The highest BCUT2D eigenvalue weighted by atomic mass is 16.5. The van der Waals surface area contributed by atoms with Crippen molar-refractivity contribution in [2.45, 2.75) is 187 Å². The second kappa shape index (κ2) is 15.2. The lowest BCUT2D eigenvalue weighted by atomic mass is 9.34. The Kier molecular flexibility index (Phi) is 10.9. The Bertz CT molecular complexity index is 2490. The van der Waals surface area contributed by atoms with E-state index >= 15 is 24.0 Å². The van der Waals surface area contributed by atoms with E-state index in [1.165, 1.54) is 14.2 Å². The van der Waals surface area contributed by atoms with Crippen LogP contribution in [0.5, 0.6) is 0 Å². The second-order valence-corrected chi connectivity index (χ2v) is 29.9. The van der Waals surface area contributed by atoms with Crippen LogP contribution < -0.4 is 0 Å². The molecule has 0 heterocycles. The monoisotopic (exact) mass is 987 g/mol. The molecule has 10 rings (SSSR count). The minimum absolute atomic E-state index is 0.00842. The number of carbonyl (C=O) groups is 7. The fourth-order valence-corrected chi connectivity index (χ4v) is 20.7. The van der Waals surface area contributed by atoms with E-state index < -0.39 is 59.9 Å². The number of Topliss-reactive ketones (excluding diaryl/α,β-unsaturated/α-hetero) is 3. The Balaban J connectivity index is 1.08. The maximum Gasteiger partial charge on any atom is 0.312 e. The number of ether oxygens (including phenoxy) is 2. The molecule has 0 saturated heterocycles. The minimum Gasteiger partial charge on any atom is -0.469 e. The molecule has 14 unspecified atom stereocenters. The van der Waals surface area contributed by atoms with E-state index in [1.807, 2.05) is 52.0 Å². The maximum absolute atomic E-state index is 15.8. The van der Waals surface area contributed by atoms with Crippen LogP contribution in [0.2, 0.25) is 0 Å². The molecule has 9 heteroatoms. The molecule has 0 aromatic rings. The minimum atomic E-state index is -1.00. The number of ketones is 5. The van der Waals surface area contributed by atoms with Gasteiger partial charge in [0, 0.05) is 33.5 Å². The number of methoxy groups -OCH3 is 2. The van der Waals surface area contributed by atoms with Crippen molar-refractivity contribution in [1.82, 2.24) is 0 Å². The second-order valence-electron chi connectivity index (χ2n) is 29.9. The van der Waals surface area contributed by atoms with E-state index in [2.05, 4.69) is 69.2 Å². The van der Waals surface area contributed by atoms with E-state index in [0.717, 1.165) is 49.7 Å². The Labute approximate surface area is 430 Å². The van der Waals surface area contributed by atoms with Crippen molar-refractivity contribution in [3.05, 3.63) is 46.6 Å². The largest absolute Gasteiger partial charge is 0.469 e. The van der Waals surface area contributed by atoms with Crippen LogP contribution in [-0.2, 0) is 43.0 Å². The molecule has 72 heavy (non-hydrogen) atoms. The molecule has 6 saturated carbocycles. The zero-order valence-electron chi connectivity index (χ0n) is 46.8. The van der Waals surface area contributed by atoms with Crippen molar-refractivity contribution in [1.29, 1.82) is 0 Å². The van der Waals surface area contributed by atoms with E-state index in [-0.39, 0.29) is 92.6 Å². The van der Waals surface area contributed by atoms with Crippen molar-refractivity contribution in [2.75, 3.05) is 14.2 Å². The number of hydrogen-bond donors (Lipinski definition) is 0. The first-order chi connectivity index (χ1) is 33.1. The first-order valence-corrected chi connectivity index (χ1v) is 27.9. The molecule has 9 nitrogen and oxygen atoms in total. The van der Waals surface area contributed by atoms with E-state index in [9.17, 15) is 9.59 Å². The fourth-order valence-electron chi connectivity index (χ4n) is 20.7. The van der Waals surface area contributed by atoms with Crippen LogP contribution in [-0.4, -0.2) is 55.1 Å². The van der Waals surface area contributed by atoms with Crippen LogP contribution in [0.4, 0.5) is 0 Å². The lowest BCUT2D eigenvalue weighted by Crippen LogP contribution is -2.66. The van der Waals surface area contributed by atoms with Gasteiger partial charge in [-0.3, -0.25) is 33.6 Å². The molecule has 10 aliphatic carbocycles. The van der Waals surface area contributed by atoms with Crippen molar-refractivity contribution >= 4 is 40.9 Å².